The maximum Gasteiger partial charge on any atom is 0.260 e. The van der Waals surface area contributed by atoms with Crippen molar-refractivity contribution >= 4 is 21.8 Å². The van der Waals surface area contributed by atoms with Gasteiger partial charge in [0.05, 0.1) is 19.3 Å². The van der Waals surface area contributed by atoms with Crippen molar-refractivity contribution in [3.63, 3.8) is 0 Å². The minimum absolute atomic E-state index is 0.0316. The first kappa shape index (κ1) is 15.3. The molecule has 0 radical (unpaired) electrons. The van der Waals surface area contributed by atoms with Crippen molar-refractivity contribution < 1.29 is 19.4 Å². The molecule has 1 N–H and O–H groups in total. The van der Waals surface area contributed by atoms with Gasteiger partial charge in [0.15, 0.2) is 6.61 Å². The molecule has 0 unspecified atom stereocenters. The van der Waals surface area contributed by atoms with Gasteiger partial charge in [-0.3, -0.25) is 4.79 Å². The maximum atomic E-state index is 12.0. The first-order valence-corrected chi connectivity index (χ1v) is 7.33. The lowest BCUT2D eigenvalue weighted by atomic mass is 10.1. The third-order valence-electron chi connectivity index (χ3n) is 3.14. The first-order chi connectivity index (χ1) is 9.58. The highest BCUT2D eigenvalue weighted by Gasteiger charge is 2.18. The molecule has 5 nitrogen and oxygen atoms in total. The van der Waals surface area contributed by atoms with Crippen molar-refractivity contribution in [1.82, 2.24) is 4.90 Å². The van der Waals surface area contributed by atoms with Crippen LogP contribution in [0.1, 0.15) is 18.6 Å². The Morgan fingerprint density at radius 1 is 1.50 bits per heavy atom. The number of aliphatic hydroxyl groups excluding tert-OH is 1. The van der Waals surface area contributed by atoms with E-state index in [0.717, 1.165) is 4.47 Å². The summed E-state index contributed by atoms with van der Waals surface area (Å²) in [4.78, 5) is 13.7. The van der Waals surface area contributed by atoms with Gasteiger partial charge in [0, 0.05) is 23.1 Å². The summed E-state index contributed by atoms with van der Waals surface area (Å²) < 4.78 is 11.6. The van der Waals surface area contributed by atoms with Crippen molar-refractivity contribution in [3.05, 3.63) is 28.2 Å². The van der Waals surface area contributed by atoms with E-state index in [-0.39, 0.29) is 12.5 Å². The summed E-state index contributed by atoms with van der Waals surface area (Å²) in [6, 6.07) is 5.37. The molecule has 0 aromatic heterocycles. The summed E-state index contributed by atoms with van der Waals surface area (Å²) in [6.45, 7) is 3.98. The van der Waals surface area contributed by atoms with Crippen molar-refractivity contribution in [2.45, 2.75) is 13.0 Å². The average molecular weight is 344 g/mol. The van der Waals surface area contributed by atoms with E-state index >= 15 is 0 Å². The van der Waals surface area contributed by atoms with Crippen molar-refractivity contribution in [1.29, 1.82) is 0 Å². The number of hydrogen-bond donors (Lipinski definition) is 1. The monoisotopic (exact) mass is 343 g/mol. The van der Waals surface area contributed by atoms with Crippen LogP contribution in [0, 0.1) is 0 Å². The Balaban J connectivity index is 1.99. The highest BCUT2D eigenvalue weighted by molar-refractivity contribution is 9.10. The fourth-order valence-electron chi connectivity index (χ4n) is 2.02. The molecule has 0 bridgehead atoms. The number of benzene rings is 1. The first-order valence-electron chi connectivity index (χ1n) is 6.54. The Bertz CT molecular complexity index is 472. The largest absolute Gasteiger partial charge is 0.483 e. The van der Waals surface area contributed by atoms with Crippen molar-refractivity contribution in [2.75, 3.05) is 32.9 Å². The number of morpholine rings is 1. The van der Waals surface area contributed by atoms with Gasteiger partial charge < -0.3 is 19.5 Å². The lowest BCUT2D eigenvalue weighted by Gasteiger charge is -2.27. The number of carbonyl (C=O) groups excluding carboxylic acids is 1. The molecule has 1 aliphatic rings. The quantitative estimate of drug-likeness (QED) is 0.904. The Morgan fingerprint density at radius 3 is 2.85 bits per heavy atom. The molecular formula is C14H18BrNO4. The van der Waals surface area contributed by atoms with Crippen LogP contribution in [-0.4, -0.2) is 48.8 Å². The van der Waals surface area contributed by atoms with Gasteiger partial charge in [0.25, 0.3) is 5.91 Å². The van der Waals surface area contributed by atoms with E-state index in [4.69, 9.17) is 9.47 Å². The molecule has 1 atom stereocenters. The molecule has 1 aromatic carbocycles. The van der Waals surface area contributed by atoms with Crippen LogP contribution in [0.15, 0.2) is 22.7 Å². The molecule has 1 amide bonds. The standard InChI is InChI=1S/C14H18BrNO4/c1-10(17)12-3-2-11(15)8-13(12)20-9-14(18)16-4-6-19-7-5-16/h2-3,8,10,17H,4-7,9H2,1H3/t10-/m0/s1. The summed E-state index contributed by atoms with van der Waals surface area (Å²) >= 11 is 3.36. The lowest BCUT2D eigenvalue weighted by molar-refractivity contribution is -0.137. The molecule has 0 aliphatic carbocycles. The van der Waals surface area contributed by atoms with Crippen LogP contribution < -0.4 is 4.74 Å². The number of hydrogen-bond acceptors (Lipinski definition) is 4. The van der Waals surface area contributed by atoms with Gasteiger partial charge in [-0.15, -0.1) is 0 Å². The van der Waals surface area contributed by atoms with Crippen LogP contribution in [0.25, 0.3) is 0 Å². The number of carbonyl (C=O) groups is 1. The number of halogens is 1. The topological polar surface area (TPSA) is 59.0 Å². The Morgan fingerprint density at radius 2 is 2.20 bits per heavy atom. The molecular weight excluding hydrogens is 326 g/mol. The van der Waals surface area contributed by atoms with E-state index in [9.17, 15) is 9.90 Å². The van der Waals surface area contributed by atoms with Gasteiger partial charge in [-0.2, -0.15) is 0 Å². The normalized spacial score (nSPS) is 16.9. The summed E-state index contributed by atoms with van der Waals surface area (Å²) in [5, 5.41) is 9.70. The zero-order valence-electron chi connectivity index (χ0n) is 11.3. The lowest BCUT2D eigenvalue weighted by Crippen LogP contribution is -2.43. The molecule has 0 spiro atoms. The Labute approximate surface area is 126 Å². The zero-order chi connectivity index (χ0) is 14.5. The van der Waals surface area contributed by atoms with Gasteiger partial charge in [-0.25, -0.2) is 0 Å². The van der Waals surface area contributed by atoms with E-state index in [1.165, 1.54) is 0 Å². The molecule has 2 rings (SSSR count). The van der Waals surface area contributed by atoms with Crippen LogP contribution >= 0.6 is 15.9 Å². The maximum absolute atomic E-state index is 12.0. The van der Waals surface area contributed by atoms with E-state index in [2.05, 4.69) is 15.9 Å². The Kier molecular flexibility index (Phi) is 5.39. The predicted octanol–water partition coefficient (Wildman–Crippen LogP) is 1.74. The molecule has 0 saturated carbocycles. The van der Waals surface area contributed by atoms with Crippen LogP contribution in [-0.2, 0) is 9.53 Å². The number of rotatable bonds is 4. The molecule has 1 aliphatic heterocycles. The fraction of sp³-hybridized carbons (Fsp3) is 0.500. The van der Waals surface area contributed by atoms with E-state index in [0.29, 0.717) is 37.6 Å². The number of aliphatic hydroxyl groups is 1. The van der Waals surface area contributed by atoms with Gasteiger partial charge >= 0.3 is 0 Å². The van der Waals surface area contributed by atoms with Crippen LogP contribution in [0.3, 0.4) is 0 Å². The predicted molar refractivity (Wildman–Crippen MR) is 77.7 cm³/mol. The van der Waals surface area contributed by atoms with Gasteiger partial charge in [-0.1, -0.05) is 22.0 Å². The molecule has 1 fully saturated rings. The second-order valence-corrected chi connectivity index (χ2v) is 5.56. The number of amides is 1. The van der Waals surface area contributed by atoms with Gasteiger partial charge in [0.1, 0.15) is 5.75 Å². The third kappa shape index (κ3) is 3.94. The third-order valence-corrected chi connectivity index (χ3v) is 3.63. The second kappa shape index (κ2) is 7.06. The molecule has 1 aromatic rings. The molecule has 6 heteroatoms. The van der Waals surface area contributed by atoms with Crippen LogP contribution in [0.4, 0.5) is 0 Å². The van der Waals surface area contributed by atoms with Crippen molar-refractivity contribution in [3.8, 4) is 5.75 Å². The fourth-order valence-corrected chi connectivity index (χ4v) is 2.36. The molecule has 110 valence electrons. The minimum Gasteiger partial charge on any atom is -0.483 e. The van der Waals surface area contributed by atoms with E-state index < -0.39 is 6.10 Å². The SMILES string of the molecule is C[C@H](O)c1ccc(Br)cc1OCC(=O)N1CCOCC1. The number of ether oxygens (including phenoxy) is 2. The summed E-state index contributed by atoms with van der Waals surface area (Å²) in [5.41, 5.74) is 0.669. The smallest absolute Gasteiger partial charge is 0.260 e. The zero-order valence-corrected chi connectivity index (χ0v) is 12.9. The molecule has 1 heterocycles. The second-order valence-electron chi connectivity index (χ2n) is 4.64. The Hall–Kier alpha value is -1.11. The van der Waals surface area contributed by atoms with Gasteiger partial charge in [0.2, 0.25) is 0 Å². The summed E-state index contributed by atoms with van der Waals surface area (Å²) in [6.07, 6.45) is -0.642. The van der Waals surface area contributed by atoms with Crippen LogP contribution in [0.5, 0.6) is 5.75 Å². The molecule has 20 heavy (non-hydrogen) atoms. The van der Waals surface area contributed by atoms with E-state index in [1.807, 2.05) is 6.07 Å². The minimum atomic E-state index is -0.642. The van der Waals surface area contributed by atoms with Crippen molar-refractivity contribution in [2.24, 2.45) is 0 Å². The summed E-state index contributed by atoms with van der Waals surface area (Å²) in [5.74, 6) is 0.459. The molecule has 1 saturated heterocycles. The number of nitrogens with zero attached hydrogens (tertiary/aromatic N) is 1. The van der Waals surface area contributed by atoms with Crippen LogP contribution in [0.2, 0.25) is 0 Å². The van der Waals surface area contributed by atoms with Gasteiger partial charge in [-0.05, 0) is 19.1 Å². The highest BCUT2D eigenvalue weighted by Crippen LogP contribution is 2.28. The highest BCUT2D eigenvalue weighted by atomic mass is 79.9. The average Bonchev–Trinajstić information content (AvgIpc) is 2.45. The summed E-state index contributed by atoms with van der Waals surface area (Å²) in [7, 11) is 0. The van der Waals surface area contributed by atoms with E-state index in [1.54, 1.807) is 24.0 Å².